The van der Waals surface area contributed by atoms with Gasteiger partial charge in [0.1, 0.15) is 5.82 Å². The second kappa shape index (κ2) is 5.30. The first kappa shape index (κ1) is 13.8. The molecule has 2 N–H and O–H groups in total. The number of anilines is 1. The Morgan fingerprint density at radius 1 is 1.24 bits per heavy atom. The Hall–Kier alpha value is -2.20. The molecule has 1 amide bonds. The van der Waals surface area contributed by atoms with E-state index in [2.05, 4.69) is 0 Å². The molecule has 0 saturated heterocycles. The third-order valence-electron chi connectivity index (χ3n) is 3.97. The number of rotatable bonds is 2. The fraction of sp³-hybridized carbons (Fsp3) is 0.235. The molecule has 0 bridgehead atoms. The highest BCUT2D eigenvalue weighted by Crippen LogP contribution is 2.34. The van der Waals surface area contributed by atoms with Crippen LogP contribution in [0.15, 0.2) is 48.5 Å². The molecule has 2 atom stereocenters. The van der Waals surface area contributed by atoms with Crippen LogP contribution in [0.25, 0.3) is 0 Å². The predicted molar refractivity (Wildman–Crippen MR) is 80.4 cm³/mol. The molecule has 0 fully saturated rings. The first-order valence-electron chi connectivity index (χ1n) is 7.00. The number of amides is 1. The molecule has 0 saturated carbocycles. The first-order valence-corrected chi connectivity index (χ1v) is 7.00. The molecule has 0 unspecified atom stereocenters. The SMILES string of the molecule is C[C@@H](c1ccccc1)N1C(=O)[C@H](N)Cc2ccc(F)cc21. The second-order valence-electron chi connectivity index (χ2n) is 5.38. The molecule has 2 aromatic rings. The number of hydrogen-bond donors (Lipinski definition) is 1. The molecule has 0 radical (unpaired) electrons. The molecule has 0 aliphatic carbocycles. The highest BCUT2D eigenvalue weighted by Gasteiger charge is 2.34. The van der Waals surface area contributed by atoms with E-state index in [-0.39, 0.29) is 17.8 Å². The molecule has 1 aliphatic rings. The van der Waals surface area contributed by atoms with E-state index in [1.807, 2.05) is 37.3 Å². The van der Waals surface area contributed by atoms with Gasteiger partial charge in [0.2, 0.25) is 5.91 Å². The highest BCUT2D eigenvalue weighted by molar-refractivity contribution is 6.00. The van der Waals surface area contributed by atoms with Crippen molar-refractivity contribution in [3.63, 3.8) is 0 Å². The summed E-state index contributed by atoms with van der Waals surface area (Å²) in [5.41, 5.74) is 8.48. The van der Waals surface area contributed by atoms with Crippen LogP contribution in [0.3, 0.4) is 0 Å². The van der Waals surface area contributed by atoms with E-state index in [0.717, 1.165) is 11.1 Å². The fourth-order valence-electron chi connectivity index (χ4n) is 2.84. The van der Waals surface area contributed by atoms with Crippen LogP contribution in [-0.4, -0.2) is 11.9 Å². The third-order valence-corrected chi connectivity index (χ3v) is 3.97. The van der Waals surface area contributed by atoms with Gasteiger partial charge in [0.25, 0.3) is 0 Å². The summed E-state index contributed by atoms with van der Waals surface area (Å²) in [4.78, 5) is 14.1. The maximum atomic E-state index is 13.6. The van der Waals surface area contributed by atoms with Crippen molar-refractivity contribution in [1.29, 1.82) is 0 Å². The number of nitrogens with two attached hydrogens (primary N) is 1. The van der Waals surface area contributed by atoms with Crippen LogP contribution in [0.2, 0.25) is 0 Å². The van der Waals surface area contributed by atoms with E-state index in [0.29, 0.717) is 12.1 Å². The standard InChI is InChI=1S/C17H17FN2O/c1-11(12-5-3-2-4-6-12)20-16-10-14(18)8-7-13(16)9-15(19)17(20)21/h2-8,10-11,15H,9,19H2,1H3/t11-,15+/m0/s1. The van der Waals surface area contributed by atoms with Crippen molar-refractivity contribution in [2.45, 2.75) is 25.4 Å². The van der Waals surface area contributed by atoms with Gasteiger partial charge in [0.15, 0.2) is 0 Å². The van der Waals surface area contributed by atoms with Crippen LogP contribution in [0.5, 0.6) is 0 Å². The molecule has 21 heavy (non-hydrogen) atoms. The predicted octanol–water partition coefficient (Wildman–Crippen LogP) is 2.80. The molecule has 0 aromatic heterocycles. The smallest absolute Gasteiger partial charge is 0.244 e. The molecular weight excluding hydrogens is 267 g/mol. The molecule has 1 aliphatic heterocycles. The summed E-state index contributed by atoms with van der Waals surface area (Å²) in [6, 6.07) is 13.5. The van der Waals surface area contributed by atoms with E-state index >= 15 is 0 Å². The Kier molecular flexibility index (Phi) is 3.47. The van der Waals surface area contributed by atoms with Crippen LogP contribution >= 0.6 is 0 Å². The lowest BCUT2D eigenvalue weighted by atomic mass is 9.94. The summed E-state index contributed by atoms with van der Waals surface area (Å²) in [5.74, 6) is -0.508. The van der Waals surface area contributed by atoms with Gasteiger partial charge in [-0.3, -0.25) is 4.79 Å². The summed E-state index contributed by atoms with van der Waals surface area (Å²) in [6.07, 6.45) is 0.451. The lowest BCUT2D eigenvalue weighted by Crippen LogP contribution is -2.49. The number of fused-ring (bicyclic) bond motifs is 1. The zero-order valence-electron chi connectivity index (χ0n) is 11.8. The topological polar surface area (TPSA) is 46.3 Å². The molecule has 3 nitrogen and oxygen atoms in total. The quantitative estimate of drug-likeness (QED) is 0.921. The lowest BCUT2D eigenvalue weighted by molar-refractivity contribution is -0.120. The maximum Gasteiger partial charge on any atom is 0.244 e. The average molecular weight is 284 g/mol. The van der Waals surface area contributed by atoms with Gasteiger partial charge < -0.3 is 10.6 Å². The van der Waals surface area contributed by atoms with Crippen molar-refractivity contribution in [1.82, 2.24) is 0 Å². The third kappa shape index (κ3) is 2.43. The monoisotopic (exact) mass is 284 g/mol. The summed E-state index contributed by atoms with van der Waals surface area (Å²) < 4.78 is 13.6. The van der Waals surface area contributed by atoms with Crippen LogP contribution < -0.4 is 10.6 Å². The summed E-state index contributed by atoms with van der Waals surface area (Å²) in [5, 5.41) is 0. The van der Waals surface area contributed by atoms with E-state index < -0.39 is 6.04 Å². The van der Waals surface area contributed by atoms with Crippen LogP contribution in [-0.2, 0) is 11.2 Å². The molecule has 2 aromatic carbocycles. The number of halogens is 1. The van der Waals surface area contributed by atoms with E-state index in [1.54, 1.807) is 11.0 Å². The zero-order valence-corrected chi connectivity index (χ0v) is 11.8. The van der Waals surface area contributed by atoms with Gasteiger partial charge in [-0.25, -0.2) is 4.39 Å². The van der Waals surface area contributed by atoms with Crippen molar-refractivity contribution >= 4 is 11.6 Å². The van der Waals surface area contributed by atoms with Crippen molar-refractivity contribution in [2.24, 2.45) is 5.73 Å². The van der Waals surface area contributed by atoms with Crippen LogP contribution in [0, 0.1) is 5.82 Å². The summed E-state index contributed by atoms with van der Waals surface area (Å²) in [7, 11) is 0. The largest absolute Gasteiger partial charge is 0.320 e. The van der Waals surface area contributed by atoms with Crippen molar-refractivity contribution < 1.29 is 9.18 Å². The van der Waals surface area contributed by atoms with E-state index in [1.165, 1.54) is 12.1 Å². The molecule has 4 heteroatoms. The minimum atomic E-state index is -0.575. The van der Waals surface area contributed by atoms with Gasteiger partial charge in [0, 0.05) is 0 Å². The number of hydrogen-bond acceptors (Lipinski definition) is 2. The fourth-order valence-corrected chi connectivity index (χ4v) is 2.84. The molecule has 3 rings (SSSR count). The number of nitrogens with zero attached hydrogens (tertiary/aromatic N) is 1. The van der Waals surface area contributed by atoms with Crippen molar-refractivity contribution in [3.8, 4) is 0 Å². The molecule has 108 valence electrons. The number of benzene rings is 2. The van der Waals surface area contributed by atoms with Gasteiger partial charge in [-0.05, 0) is 36.6 Å². The minimum Gasteiger partial charge on any atom is -0.320 e. The van der Waals surface area contributed by atoms with Crippen molar-refractivity contribution in [2.75, 3.05) is 4.90 Å². The van der Waals surface area contributed by atoms with E-state index in [4.69, 9.17) is 5.73 Å². The Balaban J connectivity index is 2.08. The van der Waals surface area contributed by atoms with E-state index in [9.17, 15) is 9.18 Å². The van der Waals surface area contributed by atoms with Gasteiger partial charge in [-0.15, -0.1) is 0 Å². The maximum absolute atomic E-state index is 13.6. The van der Waals surface area contributed by atoms with Gasteiger partial charge >= 0.3 is 0 Å². The number of carbonyl (C=O) groups excluding carboxylic acids is 1. The molecular formula is C17H17FN2O. The van der Waals surface area contributed by atoms with Crippen LogP contribution in [0.1, 0.15) is 24.1 Å². The normalized spacial score (nSPS) is 19.3. The van der Waals surface area contributed by atoms with Gasteiger partial charge in [0.05, 0.1) is 17.8 Å². The highest BCUT2D eigenvalue weighted by atomic mass is 19.1. The lowest BCUT2D eigenvalue weighted by Gasteiger charge is -2.37. The Morgan fingerprint density at radius 3 is 2.67 bits per heavy atom. The first-order chi connectivity index (χ1) is 10.1. The zero-order chi connectivity index (χ0) is 15.0. The van der Waals surface area contributed by atoms with Gasteiger partial charge in [-0.2, -0.15) is 0 Å². The molecule has 1 heterocycles. The molecule has 0 spiro atoms. The number of carbonyl (C=O) groups is 1. The van der Waals surface area contributed by atoms with Crippen molar-refractivity contribution in [3.05, 3.63) is 65.5 Å². The average Bonchev–Trinajstić information content (AvgIpc) is 2.49. The second-order valence-corrected chi connectivity index (χ2v) is 5.38. The Labute approximate surface area is 123 Å². The Bertz CT molecular complexity index is 672. The Morgan fingerprint density at radius 2 is 1.95 bits per heavy atom. The summed E-state index contributed by atoms with van der Waals surface area (Å²) >= 11 is 0. The summed E-state index contributed by atoms with van der Waals surface area (Å²) in [6.45, 7) is 1.93. The van der Waals surface area contributed by atoms with Crippen LogP contribution in [0.4, 0.5) is 10.1 Å². The minimum absolute atomic E-state index is 0.163. The van der Waals surface area contributed by atoms with Gasteiger partial charge in [-0.1, -0.05) is 36.4 Å².